The van der Waals surface area contributed by atoms with E-state index in [4.69, 9.17) is 0 Å². The van der Waals surface area contributed by atoms with Crippen LogP contribution < -0.4 is 5.32 Å². The zero-order chi connectivity index (χ0) is 12.9. The Morgan fingerprint density at radius 2 is 2.12 bits per heavy atom. The molecule has 6 nitrogen and oxygen atoms in total. The lowest BCUT2D eigenvalue weighted by Gasteiger charge is -2.26. The van der Waals surface area contributed by atoms with E-state index in [2.05, 4.69) is 15.5 Å². The van der Waals surface area contributed by atoms with Gasteiger partial charge in [-0.05, 0) is 12.8 Å². The predicted octanol–water partition coefficient (Wildman–Crippen LogP) is 1.03. The average molecular weight is 239 g/mol. The molecule has 0 spiro atoms. The van der Waals surface area contributed by atoms with Crippen LogP contribution in [0.1, 0.15) is 37.0 Å². The summed E-state index contributed by atoms with van der Waals surface area (Å²) >= 11 is 0. The van der Waals surface area contributed by atoms with Gasteiger partial charge in [0.25, 0.3) is 5.91 Å². The van der Waals surface area contributed by atoms with Crippen LogP contribution in [0.4, 0.5) is 0 Å². The summed E-state index contributed by atoms with van der Waals surface area (Å²) in [5.74, 6) is -1.19. The molecule has 1 heterocycles. The smallest absolute Gasteiger partial charge is 0.311 e. The van der Waals surface area contributed by atoms with Crippen molar-refractivity contribution in [2.45, 2.75) is 26.7 Å². The minimum atomic E-state index is -0.889. The standard InChI is InChI=1S/C11H17N3O3/c1-3-11(4-2,10(16)17)7-12-9(15)8-5-13-14-6-8/h5-6H,3-4,7H2,1-2H3,(H,12,15)(H,13,14)(H,16,17). The van der Waals surface area contributed by atoms with Crippen LogP contribution in [0.2, 0.25) is 0 Å². The summed E-state index contributed by atoms with van der Waals surface area (Å²) < 4.78 is 0. The molecule has 0 unspecified atom stereocenters. The number of aromatic nitrogens is 2. The number of carboxylic acid groups (broad SMARTS) is 1. The monoisotopic (exact) mass is 239 g/mol. The van der Waals surface area contributed by atoms with E-state index in [9.17, 15) is 14.7 Å². The van der Waals surface area contributed by atoms with Crippen molar-refractivity contribution in [3.05, 3.63) is 18.0 Å². The van der Waals surface area contributed by atoms with Crippen molar-refractivity contribution < 1.29 is 14.7 Å². The third kappa shape index (κ3) is 2.83. The maximum atomic E-state index is 11.6. The van der Waals surface area contributed by atoms with E-state index in [0.717, 1.165) is 0 Å². The highest BCUT2D eigenvalue weighted by atomic mass is 16.4. The molecular weight excluding hydrogens is 222 g/mol. The van der Waals surface area contributed by atoms with Gasteiger partial charge < -0.3 is 10.4 Å². The van der Waals surface area contributed by atoms with Gasteiger partial charge in [-0.2, -0.15) is 5.10 Å². The number of carboxylic acids is 1. The van der Waals surface area contributed by atoms with Gasteiger partial charge in [0.1, 0.15) is 0 Å². The summed E-state index contributed by atoms with van der Waals surface area (Å²) in [6.07, 6.45) is 3.82. The van der Waals surface area contributed by atoms with Gasteiger partial charge in [0.2, 0.25) is 0 Å². The molecule has 6 heteroatoms. The van der Waals surface area contributed by atoms with E-state index >= 15 is 0 Å². The van der Waals surface area contributed by atoms with Gasteiger partial charge >= 0.3 is 5.97 Å². The lowest BCUT2D eigenvalue weighted by molar-refractivity contribution is -0.149. The molecule has 1 aromatic rings. The number of hydrogen-bond acceptors (Lipinski definition) is 3. The minimum Gasteiger partial charge on any atom is -0.481 e. The van der Waals surface area contributed by atoms with Crippen LogP contribution in [-0.4, -0.2) is 33.7 Å². The Morgan fingerprint density at radius 1 is 1.47 bits per heavy atom. The highest BCUT2D eigenvalue weighted by molar-refractivity contribution is 5.94. The van der Waals surface area contributed by atoms with Crippen molar-refractivity contribution in [3.63, 3.8) is 0 Å². The number of aliphatic carboxylic acids is 1. The van der Waals surface area contributed by atoms with E-state index in [1.165, 1.54) is 12.4 Å². The molecule has 1 rings (SSSR count). The summed E-state index contributed by atoms with van der Waals surface area (Å²) in [4.78, 5) is 22.9. The zero-order valence-corrected chi connectivity index (χ0v) is 9.99. The number of aromatic amines is 1. The Balaban J connectivity index is 2.65. The second-order valence-electron chi connectivity index (χ2n) is 3.96. The Morgan fingerprint density at radius 3 is 2.53 bits per heavy atom. The Bertz CT molecular complexity index is 383. The van der Waals surface area contributed by atoms with Crippen LogP contribution in [0.25, 0.3) is 0 Å². The molecule has 0 aliphatic heterocycles. The summed E-state index contributed by atoms with van der Waals surface area (Å²) in [6.45, 7) is 3.74. The first-order valence-electron chi connectivity index (χ1n) is 5.56. The van der Waals surface area contributed by atoms with Gasteiger partial charge in [-0.3, -0.25) is 14.7 Å². The Labute approximate surface area is 99.4 Å². The molecule has 0 bridgehead atoms. The lowest BCUT2D eigenvalue weighted by atomic mass is 9.82. The molecule has 17 heavy (non-hydrogen) atoms. The molecule has 94 valence electrons. The van der Waals surface area contributed by atoms with Crippen molar-refractivity contribution in [3.8, 4) is 0 Å². The van der Waals surface area contributed by atoms with E-state index < -0.39 is 11.4 Å². The Kier molecular flexibility index (Phi) is 4.25. The molecule has 1 aromatic heterocycles. The fourth-order valence-electron chi connectivity index (χ4n) is 1.60. The molecule has 0 fully saturated rings. The summed E-state index contributed by atoms with van der Waals surface area (Å²) in [5.41, 5.74) is -0.490. The Hall–Kier alpha value is -1.85. The van der Waals surface area contributed by atoms with Crippen LogP contribution in [0, 0.1) is 5.41 Å². The van der Waals surface area contributed by atoms with E-state index in [0.29, 0.717) is 18.4 Å². The van der Waals surface area contributed by atoms with Crippen LogP contribution in [-0.2, 0) is 4.79 Å². The fraction of sp³-hybridized carbons (Fsp3) is 0.545. The number of carbonyl (C=O) groups is 2. The number of nitrogens with zero attached hydrogens (tertiary/aromatic N) is 1. The van der Waals surface area contributed by atoms with Gasteiger partial charge in [-0.1, -0.05) is 13.8 Å². The van der Waals surface area contributed by atoms with Crippen LogP contribution >= 0.6 is 0 Å². The van der Waals surface area contributed by atoms with E-state index in [1.54, 1.807) is 0 Å². The number of hydrogen-bond donors (Lipinski definition) is 3. The summed E-state index contributed by atoms with van der Waals surface area (Å²) in [5, 5.41) is 18.0. The molecule has 0 saturated carbocycles. The van der Waals surface area contributed by atoms with Crippen LogP contribution in [0.3, 0.4) is 0 Å². The lowest BCUT2D eigenvalue weighted by Crippen LogP contribution is -2.42. The first-order valence-corrected chi connectivity index (χ1v) is 5.56. The molecule has 0 saturated heterocycles. The van der Waals surface area contributed by atoms with E-state index in [1.807, 2.05) is 13.8 Å². The SMILES string of the molecule is CCC(CC)(CNC(=O)c1cn[nH]c1)C(=O)O. The second-order valence-corrected chi connectivity index (χ2v) is 3.96. The summed E-state index contributed by atoms with van der Waals surface area (Å²) in [6, 6.07) is 0. The third-order valence-electron chi connectivity index (χ3n) is 3.15. The number of amides is 1. The van der Waals surface area contributed by atoms with Gasteiger partial charge in [-0.15, -0.1) is 0 Å². The highest BCUT2D eigenvalue weighted by Gasteiger charge is 2.35. The number of H-pyrrole nitrogens is 1. The maximum Gasteiger partial charge on any atom is 0.311 e. The van der Waals surface area contributed by atoms with Crippen LogP contribution in [0.15, 0.2) is 12.4 Å². The quantitative estimate of drug-likeness (QED) is 0.691. The van der Waals surface area contributed by atoms with Crippen LogP contribution in [0.5, 0.6) is 0 Å². The predicted molar refractivity (Wildman–Crippen MR) is 61.6 cm³/mol. The average Bonchev–Trinajstić information content (AvgIpc) is 2.84. The number of carbonyl (C=O) groups excluding carboxylic acids is 1. The molecule has 0 radical (unpaired) electrons. The summed E-state index contributed by atoms with van der Waals surface area (Å²) in [7, 11) is 0. The van der Waals surface area contributed by atoms with Gasteiger partial charge in [0.15, 0.2) is 0 Å². The molecule has 1 amide bonds. The first-order chi connectivity index (χ1) is 8.05. The minimum absolute atomic E-state index is 0.124. The largest absolute Gasteiger partial charge is 0.481 e. The number of nitrogens with one attached hydrogen (secondary N) is 2. The molecular formula is C11H17N3O3. The molecule has 0 aromatic carbocycles. The van der Waals surface area contributed by atoms with Gasteiger partial charge in [-0.25, -0.2) is 0 Å². The molecule has 0 aliphatic rings. The van der Waals surface area contributed by atoms with Gasteiger partial charge in [0.05, 0.1) is 17.2 Å². The number of rotatable bonds is 6. The second kappa shape index (κ2) is 5.47. The molecule has 0 aliphatic carbocycles. The highest BCUT2D eigenvalue weighted by Crippen LogP contribution is 2.25. The van der Waals surface area contributed by atoms with Gasteiger partial charge in [0, 0.05) is 12.7 Å². The normalized spacial score (nSPS) is 11.2. The van der Waals surface area contributed by atoms with Crippen molar-refractivity contribution in [1.29, 1.82) is 0 Å². The maximum absolute atomic E-state index is 11.6. The van der Waals surface area contributed by atoms with Crippen molar-refractivity contribution in [2.24, 2.45) is 5.41 Å². The van der Waals surface area contributed by atoms with Crippen molar-refractivity contribution in [1.82, 2.24) is 15.5 Å². The molecule has 3 N–H and O–H groups in total. The van der Waals surface area contributed by atoms with Crippen molar-refractivity contribution in [2.75, 3.05) is 6.54 Å². The topological polar surface area (TPSA) is 95.1 Å². The zero-order valence-electron chi connectivity index (χ0n) is 9.99. The first kappa shape index (κ1) is 13.2. The van der Waals surface area contributed by atoms with E-state index in [-0.39, 0.29) is 12.5 Å². The van der Waals surface area contributed by atoms with Crippen molar-refractivity contribution >= 4 is 11.9 Å². The third-order valence-corrected chi connectivity index (χ3v) is 3.15. The molecule has 0 atom stereocenters. The fourth-order valence-corrected chi connectivity index (χ4v) is 1.60.